The number of benzene rings is 2. The molecule has 0 aliphatic carbocycles. The number of aliphatic hydroxyl groups excluding tert-OH is 1. The zero-order chi connectivity index (χ0) is 20.3. The Morgan fingerprint density at radius 3 is 2.32 bits per heavy atom. The summed E-state index contributed by atoms with van der Waals surface area (Å²) in [5.41, 5.74) is 5.71. The number of hydrogen-bond acceptors (Lipinski definition) is 3. The van der Waals surface area contributed by atoms with Gasteiger partial charge in [-0.05, 0) is 55.2 Å². The van der Waals surface area contributed by atoms with Crippen LogP contribution in [0, 0.1) is 20.8 Å². The molecule has 1 aromatic heterocycles. The maximum atomic E-state index is 12.7. The van der Waals surface area contributed by atoms with Gasteiger partial charge < -0.3 is 14.4 Å². The summed E-state index contributed by atoms with van der Waals surface area (Å²) < 4.78 is 5.83. The second kappa shape index (κ2) is 8.44. The monoisotopic (exact) mass is 377 g/mol. The number of nitrogens with zero attached hydrogens (tertiary/aromatic N) is 1. The van der Waals surface area contributed by atoms with E-state index in [1.165, 1.54) is 27.2 Å². The number of carbonyl (C=O) groups is 1. The Morgan fingerprint density at radius 1 is 1.04 bits per heavy atom. The van der Waals surface area contributed by atoms with E-state index in [0.717, 1.165) is 11.3 Å². The van der Waals surface area contributed by atoms with Gasteiger partial charge in [0.1, 0.15) is 5.76 Å². The van der Waals surface area contributed by atoms with Crippen LogP contribution in [0.3, 0.4) is 0 Å². The lowest BCUT2D eigenvalue weighted by Gasteiger charge is -2.20. The number of hydrogen-bond donors (Lipinski definition) is 1. The highest BCUT2D eigenvalue weighted by Crippen LogP contribution is 2.22. The molecule has 146 valence electrons. The first-order valence-corrected chi connectivity index (χ1v) is 9.49. The molecule has 0 bridgehead atoms. The van der Waals surface area contributed by atoms with Gasteiger partial charge >= 0.3 is 0 Å². The maximum Gasteiger partial charge on any atom is 0.289 e. The lowest BCUT2D eigenvalue weighted by molar-refractivity contribution is 0.0650. The third kappa shape index (κ3) is 4.52. The molecule has 3 aromatic rings. The second-order valence-corrected chi connectivity index (χ2v) is 7.43. The molecule has 0 spiro atoms. The summed E-state index contributed by atoms with van der Waals surface area (Å²) in [5.74, 6) is 0.814. The highest BCUT2D eigenvalue weighted by Gasteiger charge is 2.20. The fourth-order valence-corrected chi connectivity index (χ4v) is 3.56. The second-order valence-electron chi connectivity index (χ2n) is 7.43. The zero-order valence-corrected chi connectivity index (χ0v) is 16.9. The molecule has 0 saturated heterocycles. The van der Waals surface area contributed by atoms with Gasteiger partial charge in [-0.15, -0.1) is 0 Å². The Balaban J connectivity index is 1.68. The lowest BCUT2D eigenvalue weighted by atomic mass is 9.97. The Labute approximate surface area is 166 Å². The van der Waals surface area contributed by atoms with Crippen LogP contribution in [0.2, 0.25) is 0 Å². The predicted molar refractivity (Wildman–Crippen MR) is 111 cm³/mol. The van der Waals surface area contributed by atoms with Crippen molar-refractivity contribution >= 4 is 5.91 Å². The van der Waals surface area contributed by atoms with Crippen molar-refractivity contribution in [2.75, 3.05) is 13.6 Å². The molecule has 0 radical (unpaired) electrons. The minimum absolute atomic E-state index is 0.203. The summed E-state index contributed by atoms with van der Waals surface area (Å²) in [5, 5.41) is 10.3. The van der Waals surface area contributed by atoms with Crippen LogP contribution in [0.15, 0.2) is 59.0 Å². The first-order valence-electron chi connectivity index (χ1n) is 9.49. The van der Waals surface area contributed by atoms with Crippen LogP contribution < -0.4 is 0 Å². The number of furan rings is 1. The summed E-state index contributed by atoms with van der Waals surface area (Å²) in [6.07, 6.45) is -0.0795. The zero-order valence-electron chi connectivity index (χ0n) is 16.9. The topological polar surface area (TPSA) is 53.7 Å². The summed E-state index contributed by atoms with van der Waals surface area (Å²) in [7, 11) is 1.67. The van der Waals surface area contributed by atoms with Crippen molar-refractivity contribution < 1.29 is 14.3 Å². The SMILES string of the molecule is Cc1cc(C)c(Cc2ccc(C(=O)N(C)CC(O)c3ccccc3)o2)c(C)c1. The summed E-state index contributed by atoms with van der Waals surface area (Å²) >= 11 is 0. The van der Waals surface area contributed by atoms with Gasteiger partial charge in [0, 0.05) is 13.5 Å². The molecule has 1 atom stereocenters. The van der Waals surface area contributed by atoms with E-state index in [9.17, 15) is 9.90 Å². The molecule has 1 heterocycles. The highest BCUT2D eigenvalue weighted by molar-refractivity contribution is 5.91. The summed E-state index contributed by atoms with van der Waals surface area (Å²) in [6.45, 7) is 6.49. The van der Waals surface area contributed by atoms with Crippen molar-refractivity contribution in [3.8, 4) is 0 Å². The lowest BCUT2D eigenvalue weighted by Crippen LogP contribution is -2.30. The molecule has 0 saturated carbocycles. The number of rotatable bonds is 6. The molecule has 0 aliphatic heterocycles. The van der Waals surface area contributed by atoms with Gasteiger partial charge in [-0.25, -0.2) is 0 Å². The van der Waals surface area contributed by atoms with E-state index in [-0.39, 0.29) is 12.5 Å². The van der Waals surface area contributed by atoms with Crippen LogP contribution in [0.25, 0.3) is 0 Å². The summed E-state index contributed by atoms with van der Waals surface area (Å²) in [6, 6.07) is 17.2. The van der Waals surface area contributed by atoms with Crippen molar-refractivity contribution in [2.24, 2.45) is 0 Å². The first kappa shape index (κ1) is 19.9. The van der Waals surface area contributed by atoms with Crippen LogP contribution in [0.1, 0.15) is 50.2 Å². The molecule has 4 nitrogen and oxygen atoms in total. The molecule has 1 amide bonds. The fourth-order valence-electron chi connectivity index (χ4n) is 3.56. The number of amides is 1. The Hall–Kier alpha value is -2.85. The van der Waals surface area contributed by atoms with E-state index in [1.54, 1.807) is 13.1 Å². The predicted octanol–water partition coefficient (Wildman–Crippen LogP) is 4.60. The highest BCUT2D eigenvalue weighted by atomic mass is 16.4. The Kier molecular flexibility index (Phi) is 6.00. The van der Waals surface area contributed by atoms with E-state index in [2.05, 4.69) is 32.9 Å². The van der Waals surface area contributed by atoms with E-state index < -0.39 is 6.10 Å². The van der Waals surface area contributed by atoms with Gasteiger partial charge in [0.05, 0.1) is 12.6 Å². The summed E-state index contributed by atoms with van der Waals surface area (Å²) in [4.78, 5) is 14.2. The minimum Gasteiger partial charge on any atom is -0.456 e. The molecule has 1 unspecified atom stereocenters. The smallest absolute Gasteiger partial charge is 0.289 e. The van der Waals surface area contributed by atoms with Gasteiger partial charge in [-0.2, -0.15) is 0 Å². The van der Waals surface area contributed by atoms with Crippen molar-refractivity contribution in [3.05, 3.63) is 93.9 Å². The van der Waals surface area contributed by atoms with Gasteiger partial charge in [0.2, 0.25) is 0 Å². The normalized spacial score (nSPS) is 12.0. The molecule has 0 fully saturated rings. The molecule has 1 N–H and O–H groups in total. The minimum atomic E-state index is -0.734. The van der Waals surface area contributed by atoms with E-state index in [4.69, 9.17) is 4.42 Å². The largest absolute Gasteiger partial charge is 0.456 e. The molecule has 3 rings (SSSR count). The van der Waals surface area contributed by atoms with Crippen LogP contribution in [0.5, 0.6) is 0 Å². The average molecular weight is 377 g/mol. The number of likely N-dealkylation sites (N-methyl/N-ethyl adjacent to an activating group) is 1. The maximum absolute atomic E-state index is 12.7. The molecule has 0 aliphatic rings. The van der Waals surface area contributed by atoms with E-state index in [1.807, 2.05) is 36.4 Å². The molecule has 28 heavy (non-hydrogen) atoms. The van der Waals surface area contributed by atoms with Crippen molar-refractivity contribution in [2.45, 2.75) is 33.3 Å². The Morgan fingerprint density at radius 2 is 1.68 bits per heavy atom. The van der Waals surface area contributed by atoms with E-state index >= 15 is 0 Å². The Bertz CT molecular complexity index is 936. The van der Waals surface area contributed by atoms with Crippen LogP contribution in [-0.2, 0) is 6.42 Å². The molecular weight excluding hydrogens is 350 g/mol. The van der Waals surface area contributed by atoms with Crippen LogP contribution in [-0.4, -0.2) is 29.5 Å². The quantitative estimate of drug-likeness (QED) is 0.683. The molecule has 2 aromatic carbocycles. The first-order chi connectivity index (χ1) is 13.3. The van der Waals surface area contributed by atoms with Gasteiger partial charge in [-0.1, -0.05) is 48.0 Å². The van der Waals surface area contributed by atoms with E-state index in [0.29, 0.717) is 12.2 Å². The standard InChI is InChI=1S/C24H27NO3/c1-16-12-17(2)21(18(3)13-16)14-20-10-11-23(28-20)24(27)25(4)15-22(26)19-8-6-5-7-9-19/h5-13,22,26H,14-15H2,1-4H3. The van der Waals surface area contributed by atoms with Gasteiger partial charge in [0.25, 0.3) is 5.91 Å². The third-order valence-electron chi connectivity index (χ3n) is 5.04. The average Bonchev–Trinajstić information content (AvgIpc) is 3.13. The van der Waals surface area contributed by atoms with Gasteiger partial charge in [-0.3, -0.25) is 4.79 Å². The number of carbonyl (C=O) groups excluding carboxylic acids is 1. The van der Waals surface area contributed by atoms with Crippen LogP contribution in [0.4, 0.5) is 0 Å². The molecule has 4 heteroatoms. The third-order valence-corrected chi connectivity index (χ3v) is 5.04. The van der Waals surface area contributed by atoms with Crippen LogP contribution >= 0.6 is 0 Å². The van der Waals surface area contributed by atoms with Gasteiger partial charge in [0.15, 0.2) is 5.76 Å². The molecular formula is C24H27NO3. The number of aryl methyl sites for hydroxylation is 3. The van der Waals surface area contributed by atoms with Crippen molar-refractivity contribution in [1.29, 1.82) is 0 Å². The van der Waals surface area contributed by atoms with Crippen molar-refractivity contribution in [3.63, 3.8) is 0 Å². The van der Waals surface area contributed by atoms with Crippen molar-refractivity contribution in [1.82, 2.24) is 4.90 Å². The fraction of sp³-hybridized carbons (Fsp3) is 0.292. The number of aliphatic hydroxyl groups is 1.